The minimum Gasteiger partial charge on any atom is -0.461 e. The molecule has 0 radical (unpaired) electrons. The Hall–Kier alpha value is -4.08. The third-order valence-electron chi connectivity index (χ3n) is 6.23. The van der Waals surface area contributed by atoms with Crippen LogP contribution in [0, 0.1) is 18.6 Å². The van der Waals surface area contributed by atoms with Gasteiger partial charge in [0.2, 0.25) is 5.82 Å². The minimum atomic E-state index is -0.728. The van der Waals surface area contributed by atoms with Crippen LogP contribution in [0.15, 0.2) is 53.2 Å². The molecule has 0 saturated carbocycles. The standard InChI is InChI=1S/C25H23F2N5O3/c1-15-21(19-12-17(27)7-8-20(19)35-15)23(33)30-9-10-31(25(2,3)13-30)24(34)22-28-14-32(29-22)18-6-4-5-16(26)11-18/h4-8,11-12,14H,9-10,13H2,1-3H3. The third kappa shape index (κ3) is 4.05. The van der Waals surface area contributed by atoms with Gasteiger partial charge in [-0.15, -0.1) is 5.10 Å². The molecule has 1 saturated heterocycles. The lowest BCUT2D eigenvalue weighted by atomic mass is 9.97. The summed E-state index contributed by atoms with van der Waals surface area (Å²) in [6, 6.07) is 9.91. The molecule has 5 rings (SSSR count). The molecule has 180 valence electrons. The second-order valence-corrected chi connectivity index (χ2v) is 9.16. The van der Waals surface area contributed by atoms with E-state index in [4.69, 9.17) is 4.42 Å². The number of benzene rings is 2. The highest BCUT2D eigenvalue weighted by Gasteiger charge is 2.40. The molecule has 2 aromatic heterocycles. The van der Waals surface area contributed by atoms with E-state index in [1.54, 1.807) is 28.9 Å². The molecule has 1 aliphatic rings. The van der Waals surface area contributed by atoms with E-state index in [0.29, 0.717) is 28.0 Å². The molecular formula is C25H23F2N5O3. The first-order chi connectivity index (χ1) is 16.6. The molecule has 35 heavy (non-hydrogen) atoms. The summed E-state index contributed by atoms with van der Waals surface area (Å²) in [6.45, 7) is 6.18. The van der Waals surface area contributed by atoms with E-state index in [0.717, 1.165) is 0 Å². The van der Waals surface area contributed by atoms with Gasteiger partial charge in [-0.25, -0.2) is 18.4 Å². The van der Waals surface area contributed by atoms with Gasteiger partial charge in [-0.3, -0.25) is 9.59 Å². The number of amides is 2. The number of aromatic nitrogens is 3. The van der Waals surface area contributed by atoms with Crippen LogP contribution in [-0.2, 0) is 0 Å². The number of carbonyl (C=O) groups is 2. The van der Waals surface area contributed by atoms with Crippen LogP contribution in [-0.4, -0.2) is 61.6 Å². The molecule has 8 nitrogen and oxygen atoms in total. The van der Waals surface area contributed by atoms with Crippen molar-refractivity contribution in [3.63, 3.8) is 0 Å². The molecule has 2 aromatic carbocycles. The van der Waals surface area contributed by atoms with Crippen molar-refractivity contribution in [1.29, 1.82) is 0 Å². The molecule has 0 bridgehead atoms. The molecule has 0 unspecified atom stereocenters. The Bertz CT molecular complexity index is 1460. The first kappa shape index (κ1) is 22.7. The van der Waals surface area contributed by atoms with Crippen LogP contribution in [0.1, 0.15) is 40.6 Å². The van der Waals surface area contributed by atoms with Gasteiger partial charge in [0.15, 0.2) is 0 Å². The van der Waals surface area contributed by atoms with Gasteiger partial charge in [0, 0.05) is 25.0 Å². The summed E-state index contributed by atoms with van der Waals surface area (Å²) in [5.41, 5.74) is 0.491. The van der Waals surface area contributed by atoms with Crippen LogP contribution < -0.4 is 0 Å². The van der Waals surface area contributed by atoms with Crippen LogP contribution in [0.4, 0.5) is 8.78 Å². The Balaban J connectivity index is 1.36. The van der Waals surface area contributed by atoms with Gasteiger partial charge in [0.25, 0.3) is 11.8 Å². The normalized spacial score (nSPS) is 15.6. The van der Waals surface area contributed by atoms with Gasteiger partial charge in [-0.1, -0.05) is 6.07 Å². The zero-order chi connectivity index (χ0) is 24.9. The lowest BCUT2D eigenvalue weighted by Gasteiger charge is -2.46. The molecule has 0 aliphatic carbocycles. The van der Waals surface area contributed by atoms with E-state index in [2.05, 4.69) is 10.1 Å². The Morgan fingerprint density at radius 1 is 1.03 bits per heavy atom. The smallest absolute Gasteiger partial charge is 0.294 e. The number of hydrogen-bond acceptors (Lipinski definition) is 5. The lowest BCUT2D eigenvalue weighted by Crippen LogP contribution is -2.62. The first-order valence-electron chi connectivity index (χ1n) is 11.1. The Morgan fingerprint density at radius 2 is 1.80 bits per heavy atom. The van der Waals surface area contributed by atoms with Crippen molar-refractivity contribution >= 4 is 22.8 Å². The Morgan fingerprint density at radius 3 is 2.54 bits per heavy atom. The monoisotopic (exact) mass is 479 g/mol. The summed E-state index contributed by atoms with van der Waals surface area (Å²) >= 11 is 0. The van der Waals surface area contributed by atoms with Crippen LogP contribution in [0.25, 0.3) is 16.7 Å². The summed E-state index contributed by atoms with van der Waals surface area (Å²) in [5.74, 6) is -1.14. The summed E-state index contributed by atoms with van der Waals surface area (Å²) in [5, 5.41) is 4.66. The van der Waals surface area contributed by atoms with Gasteiger partial charge in [-0.05, 0) is 57.2 Å². The number of hydrogen-bond donors (Lipinski definition) is 0. The number of fused-ring (bicyclic) bond motifs is 1. The molecular weight excluding hydrogens is 456 g/mol. The molecule has 10 heteroatoms. The van der Waals surface area contributed by atoms with Gasteiger partial charge >= 0.3 is 0 Å². The minimum absolute atomic E-state index is 0.0192. The van der Waals surface area contributed by atoms with Crippen molar-refractivity contribution in [3.8, 4) is 5.69 Å². The highest BCUT2D eigenvalue weighted by molar-refractivity contribution is 6.07. The molecule has 4 aromatic rings. The molecule has 0 N–H and O–H groups in total. The van der Waals surface area contributed by atoms with Crippen molar-refractivity contribution in [2.75, 3.05) is 19.6 Å². The summed E-state index contributed by atoms with van der Waals surface area (Å²) < 4.78 is 34.4. The summed E-state index contributed by atoms with van der Waals surface area (Å²) in [4.78, 5) is 34.1. The number of halogens is 2. The number of rotatable bonds is 3. The van der Waals surface area contributed by atoms with E-state index in [1.807, 2.05) is 13.8 Å². The van der Waals surface area contributed by atoms with Gasteiger partial charge in [-0.2, -0.15) is 0 Å². The van der Waals surface area contributed by atoms with Crippen LogP contribution in [0.3, 0.4) is 0 Å². The van der Waals surface area contributed by atoms with Crippen molar-refractivity contribution in [1.82, 2.24) is 24.6 Å². The second kappa shape index (κ2) is 8.30. The fourth-order valence-corrected chi connectivity index (χ4v) is 4.55. The Labute approximate surface area is 199 Å². The zero-order valence-electron chi connectivity index (χ0n) is 19.5. The predicted molar refractivity (Wildman–Crippen MR) is 123 cm³/mol. The lowest BCUT2D eigenvalue weighted by molar-refractivity contribution is 0.0160. The maximum absolute atomic E-state index is 13.8. The first-order valence-corrected chi connectivity index (χ1v) is 11.1. The van der Waals surface area contributed by atoms with Crippen LogP contribution >= 0.6 is 0 Å². The molecule has 1 fully saturated rings. The molecule has 0 spiro atoms. The fraction of sp³-hybridized carbons (Fsp3) is 0.280. The van der Waals surface area contributed by atoms with E-state index in [-0.39, 0.29) is 37.3 Å². The summed E-state index contributed by atoms with van der Waals surface area (Å²) in [7, 11) is 0. The average Bonchev–Trinajstić information content (AvgIpc) is 3.42. The number of nitrogens with zero attached hydrogens (tertiary/aromatic N) is 5. The van der Waals surface area contributed by atoms with E-state index in [1.165, 1.54) is 41.3 Å². The Kier molecular flexibility index (Phi) is 5.38. The van der Waals surface area contributed by atoms with Crippen LogP contribution in [0.2, 0.25) is 0 Å². The largest absolute Gasteiger partial charge is 0.461 e. The van der Waals surface area contributed by atoms with Crippen molar-refractivity contribution < 1.29 is 22.8 Å². The van der Waals surface area contributed by atoms with E-state index >= 15 is 0 Å². The van der Waals surface area contributed by atoms with E-state index in [9.17, 15) is 18.4 Å². The number of aryl methyl sites for hydroxylation is 1. The van der Waals surface area contributed by atoms with Crippen molar-refractivity contribution in [2.24, 2.45) is 0 Å². The predicted octanol–water partition coefficient (Wildman–Crippen LogP) is 3.98. The maximum Gasteiger partial charge on any atom is 0.294 e. The molecule has 3 heterocycles. The summed E-state index contributed by atoms with van der Waals surface area (Å²) in [6.07, 6.45) is 1.36. The van der Waals surface area contributed by atoms with E-state index < -0.39 is 17.2 Å². The molecule has 0 atom stereocenters. The van der Waals surface area contributed by atoms with Gasteiger partial charge in [0.05, 0.1) is 16.8 Å². The molecule has 1 aliphatic heterocycles. The number of piperazine rings is 1. The quantitative estimate of drug-likeness (QED) is 0.444. The fourth-order valence-electron chi connectivity index (χ4n) is 4.55. The molecule has 2 amide bonds. The third-order valence-corrected chi connectivity index (χ3v) is 6.23. The van der Waals surface area contributed by atoms with Crippen molar-refractivity contribution in [3.05, 3.63) is 77.6 Å². The van der Waals surface area contributed by atoms with Gasteiger partial charge < -0.3 is 14.2 Å². The van der Waals surface area contributed by atoms with Crippen LogP contribution in [0.5, 0.6) is 0 Å². The second-order valence-electron chi connectivity index (χ2n) is 9.16. The highest BCUT2D eigenvalue weighted by Crippen LogP contribution is 2.30. The highest BCUT2D eigenvalue weighted by atomic mass is 19.1. The maximum atomic E-state index is 13.8. The number of carbonyl (C=O) groups excluding carboxylic acids is 2. The number of furan rings is 1. The topological polar surface area (TPSA) is 84.5 Å². The average molecular weight is 479 g/mol. The SMILES string of the molecule is Cc1oc2ccc(F)cc2c1C(=O)N1CCN(C(=O)c2ncn(-c3cccc(F)c3)n2)C(C)(C)C1. The van der Waals surface area contributed by atoms with Crippen molar-refractivity contribution in [2.45, 2.75) is 26.3 Å². The zero-order valence-corrected chi connectivity index (χ0v) is 19.5. The van der Waals surface area contributed by atoms with Gasteiger partial charge in [0.1, 0.15) is 29.3 Å².